The molecule has 0 aromatic carbocycles. The monoisotopic (exact) mass is 252 g/mol. The van der Waals surface area contributed by atoms with E-state index in [1.165, 1.54) is 0 Å². The van der Waals surface area contributed by atoms with E-state index in [1.807, 2.05) is 6.92 Å². The lowest BCUT2D eigenvalue weighted by Gasteiger charge is -2.06. The molecule has 0 aliphatic carbocycles. The first-order valence-corrected chi connectivity index (χ1v) is 5.18. The summed E-state index contributed by atoms with van der Waals surface area (Å²) in [7, 11) is 0. The van der Waals surface area contributed by atoms with E-state index in [1.54, 1.807) is 0 Å². The van der Waals surface area contributed by atoms with E-state index in [2.05, 4.69) is 29.4 Å². The second-order valence-corrected chi connectivity index (χ2v) is 3.60. The van der Waals surface area contributed by atoms with Gasteiger partial charge in [0.1, 0.15) is 0 Å². The molecule has 0 N–H and O–H groups in total. The highest BCUT2D eigenvalue weighted by molar-refractivity contribution is 9.11. The highest BCUT2D eigenvalue weighted by atomic mass is 79.9. The molecule has 0 spiro atoms. The van der Waals surface area contributed by atoms with E-state index >= 15 is 0 Å². The van der Waals surface area contributed by atoms with Crippen molar-refractivity contribution in [3.63, 3.8) is 0 Å². The van der Waals surface area contributed by atoms with Crippen LogP contribution < -0.4 is 0 Å². The van der Waals surface area contributed by atoms with E-state index < -0.39 is 0 Å². The van der Waals surface area contributed by atoms with Crippen molar-refractivity contribution in [3.05, 3.63) is 22.0 Å². The molecule has 0 radical (unpaired) electrons. The molecule has 0 unspecified atom stereocenters. The number of ether oxygens (including phenoxy) is 1. The lowest BCUT2D eigenvalue weighted by atomic mass is 10.3. The van der Waals surface area contributed by atoms with Crippen LogP contribution in [0.2, 0.25) is 0 Å². The Hall–Kier alpha value is 0.0500. The normalized spacial score (nSPS) is 12.3. The molecule has 0 fully saturated rings. The maximum absolute atomic E-state index is 5.90. The molecule has 0 amide bonds. The number of halogens is 2. The molecule has 12 heavy (non-hydrogen) atoms. The van der Waals surface area contributed by atoms with E-state index in [9.17, 15) is 0 Å². The molecule has 0 atom stereocenters. The van der Waals surface area contributed by atoms with E-state index in [0.717, 1.165) is 25.0 Å². The fraction of sp³-hybridized carbons (Fsp3) is 0.556. The van der Waals surface area contributed by atoms with Crippen molar-refractivity contribution in [2.45, 2.75) is 33.1 Å². The summed E-state index contributed by atoms with van der Waals surface area (Å²) in [5.74, 6) is 0.719. The molecule has 0 bridgehead atoms. The number of hydrogen-bond donors (Lipinski definition) is 0. The van der Waals surface area contributed by atoms with Crippen molar-refractivity contribution in [2.75, 3.05) is 0 Å². The van der Waals surface area contributed by atoms with Crippen molar-refractivity contribution < 1.29 is 4.74 Å². The van der Waals surface area contributed by atoms with E-state index in [0.29, 0.717) is 9.70 Å². The highest BCUT2D eigenvalue weighted by Crippen LogP contribution is 2.24. The van der Waals surface area contributed by atoms with Gasteiger partial charge in [0.15, 0.2) is 4.67 Å². The second-order valence-electron chi connectivity index (χ2n) is 2.42. The van der Waals surface area contributed by atoms with Crippen LogP contribution in [0, 0.1) is 0 Å². The van der Waals surface area contributed by atoms with Crippen molar-refractivity contribution in [3.8, 4) is 0 Å². The van der Waals surface area contributed by atoms with Crippen molar-refractivity contribution in [2.24, 2.45) is 0 Å². The molecule has 1 nitrogen and oxygen atoms in total. The van der Waals surface area contributed by atoms with Gasteiger partial charge in [0, 0.05) is 6.42 Å². The van der Waals surface area contributed by atoms with Gasteiger partial charge in [0.2, 0.25) is 0 Å². The van der Waals surface area contributed by atoms with Crippen LogP contribution in [0.1, 0.15) is 33.1 Å². The summed E-state index contributed by atoms with van der Waals surface area (Å²) in [4.78, 5) is 0. The van der Waals surface area contributed by atoms with Crippen molar-refractivity contribution >= 4 is 27.5 Å². The lowest BCUT2D eigenvalue weighted by Crippen LogP contribution is -1.87. The van der Waals surface area contributed by atoms with Gasteiger partial charge in [-0.25, -0.2) is 0 Å². The van der Waals surface area contributed by atoms with E-state index in [-0.39, 0.29) is 0 Å². The molecule has 70 valence electrons. The van der Waals surface area contributed by atoms with Gasteiger partial charge < -0.3 is 4.74 Å². The van der Waals surface area contributed by atoms with Gasteiger partial charge in [-0.2, -0.15) is 0 Å². The summed E-state index contributed by atoms with van der Waals surface area (Å²) < 4.78 is 5.88. The summed E-state index contributed by atoms with van der Waals surface area (Å²) >= 11 is 9.15. The zero-order valence-electron chi connectivity index (χ0n) is 7.49. The summed E-state index contributed by atoms with van der Waals surface area (Å²) in [6.45, 7) is 7.76. The molecule has 0 aliphatic rings. The fourth-order valence-corrected chi connectivity index (χ4v) is 1.23. The average molecular weight is 254 g/mol. The first-order chi connectivity index (χ1) is 5.61. The molecule has 0 aliphatic heterocycles. The number of hydrogen-bond acceptors (Lipinski definition) is 1. The number of allylic oxidation sites excluding steroid dienone is 2. The highest BCUT2D eigenvalue weighted by Gasteiger charge is 2.02. The van der Waals surface area contributed by atoms with E-state index in [4.69, 9.17) is 16.3 Å². The minimum Gasteiger partial charge on any atom is -0.454 e. The minimum absolute atomic E-state index is 0.595. The van der Waals surface area contributed by atoms with Crippen LogP contribution in [0.5, 0.6) is 0 Å². The lowest BCUT2D eigenvalue weighted by molar-refractivity contribution is 0.327. The molecule has 0 aromatic heterocycles. The van der Waals surface area contributed by atoms with Crippen LogP contribution >= 0.6 is 27.5 Å². The minimum atomic E-state index is 0.595. The zero-order valence-corrected chi connectivity index (χ0v) is 9.83. The smallest absolute Gasteiger partial charge is 0.183 e. The Bertz CT molecular complexity index is 187. The Labute approximate surface area is 87.6 Å². The van der Waals surface area contributed by atoms with Crippen LogP contribution in [-0.4, -0.2) is 0 Å². The quantitative estimate of drug-likeness (QED) is 0.654. The Balaban J connectivity index is 4.06. The van der Waals surface area contributed by atoms with Crippen LogP contribution in [0.4, 0.5) is 0 Å². The van der Waals surface area contributed by atoms with Crippen LogP contribution in [0.3, 0.4) is 0 Å². The predicted octanol–water partition coefficient (Wildman–Crippen LogP) is 4.53. The molecule has 0 heterocycles. The third-order valence-corrected chi connectivity index (χ3v) is 2.54. The maximum Gasteiger partial charge on any atom is 0.183 e. The van der Waals surface area contributed by atoms with Gasteiger partial charge in [-0.15, -0.1) is 0 Å². The molecular formula is C9H14BrClO. The Kier molecular flexibility index (Phi) is 6.58. The van der Waals surface area contributed by atoms with Crippen LogP contribution in [0.15, 0.2) is 22.0 Å². The van der Waals surface area contributed by atoms with Gasteiger partial charge in [-0.1, -0.05) is 38.4 Å². The fourth-order valence-electron chi connectivity index (χ4n) is 0.572. The van der Waals surface area contributed by atoms with Crippen LogP contribution in [0.25, 0.3) is 0 Å². The predicted molar refractivity (Wildman–Crippen MR) is 57.2 cm³/mol. The summed E-state index contributed by atoms with van der Waals surface area (Å²) in [5, 5.41) is 0.715. The standard InChI is InChI=1S/C9H14BrClO/c1-4-6-8(11)9(10)12-7(3)5-2/h3-6H2,1-2H3/b9-8+. The Morgan fingerprint density at radius 3 is 2.50 bits per heavy atom. The third kappa shape index (κ3) is 4.83. The Morgan fingerprint density at radius 1 is 1.50 bits per heavy atom. The largest absolute Gasteiger partial charge is 0.454 e. The molecule has 3 heteroatoms. The Morgan fingerprint density at radius 2 is 2.08 bits per heavy atom. The first-order valence-electron chi connectivity index (χ1n) is 4.01. The third-order valence-electron chi connectivity index (χ3n) is 1.31. The van der Waals surface area contributed by atoms with Gasteiger partial charge in [0.05, 0.1) is 10.8 Å². The SMILES string of the molecule is C=C(CC)O/C(Br)=C(/Cl)CCC. The van der Waals surface area contributed by atoms with Gasteiger partial charge in [-0.05, 0) is 22.4 Å². The molecule has 0 aromatic rings. The number of rotatable bonds is 5. The molecule has 0 saturated heterocycles. The van der Waals surface area contributed by atoms with Crippen molar-refractivity contribution in [1.82, 2.24) is 0 Å². The molecule has 0 saturated carbocycles. The average Bonchev–Trinajstić information content (AvgIpc) is 2.04. The summed E-state index contributed by atoms with van der Waals surface area (Å²) in [6, 6.07) is 0. The van der Waals surface area contributed by atoms with Crippen molar-refractivity contribution in [1.29, 1.82) is 0 Å². The second kappa shape index (κ2) is 6.55. The topological polar surface area (TPSA) is 9.23 Å². The summed E-state index contributed by atoms with van der Waals surface area (Å²) in [6.07, 6.45) is 2.64. The molecular weight excluding hydrogens is 239 g/mol. The zero-order chi connectivity index (χ0) is 9.56. The van der Waals surface area contributed by atoms with Gasteiger partial charge >= 0.3 is 0 Å². The van der Waals surface area contributed by atoms with Crippen LogP contribution in [-0.2, 0) is 4.74 Å². The first kappa shape index (κ1) is 12.0. The van der Waals surface area contributed by atoms with Gasteiger partial charge in [0.25, 0.3) is 0 Å². The molecule has 0 rings (SSSR count). The summed E-state index contributed by atoms with van der Waals surface area (Å²) in [5.41, 5.74) is 0. The van der Waals surface area contributed by atoms with Gasteiger partial charge in [-0.3, -0.25) is 0 Å². The maximum atomic E-state index is 5.90.